The van der Waals surface area contributed by atoms with Crippen LogP contribution in [0.3, 0.4) is 0 Å². The number of benzene rings is 1. The standard InChI is InChI=1S/C16H21N5O2S/c22-24(23,20-11-8-13-4-1-2-5-14(13)12-20)17-9-7-16-19-18-15-6-3-10-21(15)16/h1-2,4-5,17H,3,6-12H2. The molecular formula is C16H21N5O2S. The van der Waals surface area contributed by atoms with E-state index in [4.69, 9.17) is 0 Å². The minimum absolute atomic E-state index is 0.346. The summed E-state index contributed by atoms with van der Waals surface area (Å²) in [6.07, 6.45) is 3.38. The van der Waals surface area contributed by atoms with Gasteiger partial charge in [-0.15, -0.1) is 10.2 Å². The van der Waals surface area contributed by atoms with E-state index in [-0.39, 0.29) is 0 Å². The zero-order valence-corrected chi connectivity index (χ0v) is 14.3. The highest BCUT2D eigenvalue weighted by Gasteiger charge is 2.26. The normalized spacial score (nSPS) is 17.7. The van der Waals surface area contributed by atoms with Crippen LogP contribution in [0.5, 0.6) is 0 Å². The van der Waals surface area contributed by atoms with Gasteiger partial charge in [0.2, 0.25) is 0 Å². The van der Waals surface area contributed by atoms with E-state index in [0.717, 1.165) is 43.0 Å². The molecule has 0 spiro atoms. The van der Waals surface area contributed by atoms with E-state index in [1.54, 1.807) is 0 Å². The van der Waals surface area contributed by atoms with E-state index in [1.807, 2.05) is 18.2 Å². The summed E-state index contributed by atoms with van der Waals surface area (Å²) < 4.78 is 31.4. The van der Waals surface area contributed by atoms with Gasteiger partial charge in [-0.1, -0.05) is 24.3 Å². The Morgan fingerprint density at radius 1 is 1.08 bits per heavy atom. The molecule has 0 radical (unpaired) electrons. The van der Waals surface area contributed by atoms with Crippen LogP contribution < -0.4 is 4.72 Å². The molecule has 7 nitrogen and oxygen atoms in total. The molecule has 3 heterocycles. The van der Waals surface area contributed by atoms with Crippen LogP contribution in [-0.4, -0.2) is 40.6 Å². The van der Waals surface area contributed by atoms with Gasteiger partial charge in [-0.3, -0.25) is 0 Å². The highest BCUT2D eigenvalue weighted by atomic mass is 32.2. The zero-order valence-electron chi connectivity index (χ0n) is 13.5. The summed E-state index contributed by atoms with van der Waals surface area (Å²) in [6.45, 7) is 2.24. The molecule has 1 aromatic carbocycles. The van der Waals surface area contributed by atoms with Gasteiger partial charge in [0.1, 0.15) is 11.6 Å². The van der Waals surface area contributed by atoms with Crippen molar-refractivity contribution in [2.75, 3.05) is 13.1 Å². The van der Waals surface area contributed by atoms with Gasteiger partial charge in [-0.2, -0.15) is 12.7 Å². The van der Waals surface area contributed by atoms with Crippen LogP contribution >= 0.6 is 0 Å². The van der Waals surface area contributed by atoms with Crippen molar-refractivity contribution in [1.29, 1.82) is 0 Å². The molecule has 0 bridgehead atoms. The predicted molar refractivity (Wildman–Crippen MR) is 89.5 cm³/mol. The molecule has 2 aliphatic heterocycles. The van der Waals surface area contributed by atoms with Crippen LogP contribution in [-0.2, 0) is 42.6 Å². The molecule has 4 rings (SSSR count). The Balaban J connectivity index is 1.37. The predicted octanol–water partition coefficient (Wildman–Crippen LogP) is 0.660. The van der Waals surface area contributed by atoms with Crippen molar-refractivity contribution in [3.63, 3.8) is 0 Å². The van der Waals surface area contributed by atoms with Gasteiger partial charge < -0.3 is 4.57 Å². The fourth-order valence-electron chi connectivity index (χ4n) is 3.45. The van der Waals surface area contributed by atoms with Crippen molar-refractivity contribution in [3.05, 3.63) is 47.0 Å². The molecule has 1 aromatic heterocycles. The summed E-state index contributed by atoms with van der Waals surface area (Å²) in [4.78, 5) is 0. The Morgan fingerprint density at radius 2 is 1.92 bits per heavy atom. The quantitative estimate of drug-likeness (QED) is 0.862. The average Bonchev–Trinajstić information content (AvgIpc) is 3.19. The van der Waals surface area contributed by atoms with Gasteiger partial charge in [-0.05, 0) is 24.0 Å². The van der Waals surface area contributed by atoms with Crippen molar-refractivity contribution in [1.82, 2.24) is 23.8 Å². The SMILES string of the molecule is O=S(=O)(NCCc1nnc2n1CCC2)N1CCc2ccccc2C1. The second-order valence-corrected chi connectivity index (χ2v) is 8.04. The van der Waals surface area contributed by atoms with E-state index in [1.165, 1.54) is 9.87 Å². The fraction of sp³-hybridized carbons (Fsp3) is 0.500. The summed E-state index contributed by atoms with van der Waals surface area (Å²) in [5.74, 6) is 1.88. The average molecular weight is 347 g/mol. The van der Waals surface area contributed by atoms with Gasteiger partial charge in [0.05, 0.1) is 0 Å². The van der Waals surface area contributed by atoms with Crippen molar-refractivity contribution in [2.24, 2.45) is 0 Å². The number of aromatic nitrogens is 3. The number of fused-ring (bicyclic) bond motifs is 2. The summed E-state index contributed by atoms with van der Waals surface area (Å²) >= 11 is 0. The fourth-order valence-corrected chi connectivity index (χ4v) is 4.64. The van der Waals surface area contributed by atoms with Gasteiger partial charge >= 0.3 is 0 Å². The highest BCUT2D eigenvalue weighted by molar-refractivity contribution is 7.87. The maximum Gasteiger partial charge on any atom is 0.279 e. The molecule has 0 fully saturated rings. The Hall–Kier alpha value is -1.77. The van der Waals surface area contributed by atoms with Crippen LogP contribution in [0.1, 0.15) is 29.2 Å². The molecule has 0 unspecified atom stereocenters. The summed E-state index contributed by atoms with van der Waals surface area (Å²) in [5, 5.41) is 8.32. The Kier molecular flexibility index (Phi) is 4.11. The molecule has 2 aliphatic rings. The van der Waals surface area contributed by atoms with Crippen molar-refractivity contribution in [2.45, 2.75) is 38.8 Å². The molecule has 0 amide bonds. The van der Waals surface area contributed by atoms with E-state index >= 15 is 0 Å². The number of aryl methyl sites for hydroxylation is 1. The molecular weight excluding hydrogens is 326 g/mol. The van der Waals surface area contributed by atoms with E-state index in [9.17, 15) is 8.42 Å². The lowest BCUT2D eigenvalue weighted by molar-refractivity contribution is 0.384. The lowest BCUT2D eigenvalue weighted by Crippen LogP contribution is -2.44. The first-order chi connectivity index (χ1) is 11.6. The van der Waals surface area contributed by atoms with Crippen molar-refractivity contribution < 1.29 is 8.42 Å². The molecule has 2 aromatic rings. The molecule has 8 heteroatoms. The van der Waals surface area contributed by atoms with Crippen LogP contribution in [0.25, 0.3) is 0 Å². The van der Waals surface area contributed by atoms with Gasteiger partial charge in [0.15, 0.2) is 0 Å². The van der Waals surface area contributed by atoms with Gasteiger partial charge in [0.25, 0.3) is 10.2 Å². The minimum atomic E-state index is -3.47. The number of nitrogens with one attached hydrogen (secondary N) is 1. The minimum Gasteiger partial charge on any atom is -0.315 e. The molecule has 1 N–H and O–H groups in total. The molecule has 24 heavy (non-hydrogen) atoms. The molecule has 0 atom stereocenters. The molecule has 0 saturated heterocycles. The number of hydrogen-bond acceptors (Lipinski definition) is 4. The van der Waals surface area contributed by atoms with E-state index in [0.29, 0.717) is 26.1 Å². The Bertz CT molecular complexity index is 846. The zero-order chi connectivity index (χ0) is 16.6. The van der Waals surface area contributed by atoms with Crippen LogP contribution in [0.2, 0.25) is 0 Å². The van der Waals surface area contributed by atoms with Crippen molar-refractivity contribution in [3.8, 4) is 0 Å². The van der Waals surface area contributed by atoms with Crippen LogP contribution in [0.4, 0.5) is 0 Å². The number of nitrogens with zero attached hydrogens (tertiary/aromatic N) is 4. The third-order valence-electron chi connectivity index (χ3n) is 4.75. The van der Waals surface area contributed by atoms with E-state index in [2.05, 4.69) is 25.6 Å². The lowest BCUT2D eigenvalue weighted by Gasteiger charge is -2.28. The third-order valence-corrected chi connectivity index (χ3v) is 6.32. The van der Waals surface area contributed by atoms with Crippen LogP contribution in [0.15, 0.2) is 24.3 Å². The van der Waals surface area contributed by atoms with Crippen LogP contribution in [0, 0.1) is 0 Å². The lowest BCUT2D eigenvalue weighted by atomic mass is 10.0. The summed E-state index contributed by atoms with van der Waals surface area (Å²) in [6, 6.07) is 8.02. The van der Waals surface area contributed by atoms with Gasteiger partial charge in [0, 0.05) is 39.0 Å². The Labute approximate surface area is 141 Å². The monoisotopic (exact) mass is 347 g/mol. The second-order valence-electron chi connectivity index (χ2n) is 6.29. The summed E-state index contributed by atoms with van der Waals surface area (Å²) in [5.41, 5.74) is 2.33. The summed E-state index contributed by atoms with van der Waals surface area (Å²) in [7, 11) is -3.47. The van der Waals surface area contributed by atoms with E-state index < -0.39 is 10.2 Å². The highest BCUT2D eigenvalue weighted by Crippen LogP contribution is 2.20. The first-order valence-electron chi connectivity index (χ1n) is 8.36. The largest absolute Gasteiger partial charge is 0.315 e. The first kappa shape index (κ1) is 15.7. The smallest absolute Gasteiger partial charge is 0.279 e. The maximum absolute atomic E-state index is 12.5. The Morgan fingerprint density at radius 3 is 2.79 bits per heavy atom. The molecule has 128 valence electrons. The third kappa shape index (κ3) is 2.97. The number of rotatable bonds is 5. The number of hydrogen-bond donors (Lipinski definition) is 1. The topological polar surface area (TPSA) is 80.1 Å². The van der Waals surface area contributed by atoms with Crippen molar-refractivity contribution >= 4 is 10.2 Å². The van der Waals surface area contributed by atoms with Gasteiger partial charge in [-0.25, -0.2) is 4.72 Å². The first-order valence-corrected chi connectivity index (χ1v) is 9.80. The molecule has 0 saturated carbocycles. The maximum atomic E-state index is 12.5. The molecule has 0 aliphatic carbocycles. The second kappa shape index (κ2) is 6.27.